The Bertz CT molecular complexity index is 531. The van der Waals surface area contributed by atoms with E-state index in [1.54, 1.807) is 22.7 Å². The molecule has 0 saturated carbocycles. The lowest BCUT2D eigenvalue weighted by Gasteiger charge is -2.05. The van der Waals surface area contributed by atoms with E-state index in [-0.39, 0.29) is 0 Å². The molecule has 0 amide bonds. The number of ether oxygens (including phenoxy) is 2. The highest BCUT2D eigenvalue weighted by molar-refractivity contribution is 7.20. The molecule has 0 atom stereocenters. The first-order chi connectivity index (χ1) is 10.8. The van der Waals surface area contributed by atoms with E-state index < -0.39 is 0 Å². The van der Waals surface area contributed by atoms with Gasteiger partial charge in [0.15, 0.2) is 0 Å². The van der Waals surface area contributed by atoms with Gasteiger partial charge in [-0.15, -0.1) is 22.7 Å². The van der Waals surface area contributed by atoms with Gasteiger partial charge in [-0.05, 0) is 30.4 Å². The Morgan fingerprint density at radius 1 is 0.909 bits per heavy atom. The molecule has 22 heavy (non-hydrogen) atoms. The van der Waals surface area contributed by atoms with Crippen LogP contribution in [-0.4, -0.2) is 13.2 Å². The van der Waals surface area contributed by atoms with Crippen LogP contribution in [0, 0.1) is 0 Å². The predicted octanol–water partition coefficient (Wildman–Crippen LogP) is 6.61. The summed E-state index contributed by atoms with van der Waals surface area (Å²) in [5.41, 5.74) is 0. The van der Waals surface area contributed by atoms with Crippen LogP contribution in [0.25, 0.3) is 9.75 Å². The molecule has 2 aromatic heterocycles. The highest BCUT2D eigenvalue weighted by Gasteiger charge is 2.11. The molecule has 0 saturated heterocycles. The molecular formula is C18H26O2S2. The molecule has 0 aliphatic heterocycles. The zero-order valence-corrected chi connectivity index (χ0v) is 15.2. The van der Waals surface area contributed by atoms with Crippen molar-refractivity contribution in [3.8, 4) is 21.3 Å². The molecule has 0 aliphatic carbocycles. The molecule has 4 heteroatoms. The lowest BCUT2D eigenvalue weighted by atomic mass is 10.3. The third-order valence-corrected chi connectivity index (χ3v) is 5.43. The number of hydrogen-bond acceptors (Lipinski definition) is 4. The first kappa shape index (κ1) is 17.4. The molecule has 2 aromatic rings. The highest BCUT2D eigenvalue weighted by Crippen LogP contribution is 2.40. The number of hydrogen-bond donors (Lipinski definition) is 0. The summed E-state index contributed by atoms with van der Waals surface area (Å²) < 4.78 is 11.7. The molecule has 2 heterocycles. The number of rotatable bonds is 11. The van der Waals surface area contributed by atoms with Crippen molar-refractivity contribution >= 4 is 22.7 Å². The minimum absolute atomic E-state index is 0.809. The summed E-state index contributed by atoms with van der Waals surface area (Å²) in [5, 5.41) is 4.20. The third kappa shape index (κ3) is 5.33. The normalized spacial score (nSPS) is 10.8. The fraction of sp³-hybridized carbons (Fsp3) is 0.556. The molecule has 0 fully saturated rings. The fourth-order valence-electron chi connectivity index (χ4n) is 2.18. The van der Waals surface area contributed by atoms with Crippen molar-refractivity contribution in [2.24, 2.45) is 0 Å². The van der Waals surface area contributed by atoms with Gasteiger partial charge in [0.25, 0.3) is 0 Å². The van der Waals surface area contributed by atoms with Gasteiger partial charge in [0.05, 0.1) is 23.0 Å². The van der Waals surface area contributed by atoms with Crippen LogP contribution in [0.15, 0.2) is 22.9 Å². The molecule has 0 aromatic carbocycles. The van der Waals surface area contributed by atoms with Crippen LogP contribution in [0.1, 0.15) is 52.4 Å². The Balaban J connectivity index is 1.89. The van der Waals surface area contributed by atoms with Crippen molar-refractivity contribution in [3.63, 3.8) is 0 Å². The Kier molecular flexibility index (Phi) is 7.81. The van der Waals surface area contributed by atoms with Crippen molar-refractivity contribution in [2.75, 3.05) is 13.2 Å². The maximum Gasteiger partial charge on any atom is 0.138 e. The SMILES string of the molecule is CCCCCOc1csc(-c2sccc2OCCCCC)c1. The second kappa shape index (κ2) is 9.90. The number of unbranched alkanes of at least 4 members (excludes halogenated alkanes) is 4. The van der Waals surface area contributed by atoms with Gasteiger partial charge in [0, 0.05) is 5.38 Å². The summed E-state index contributed by atoms with van der Waals surface area (Å²) in [5.74, 6) is 2.00. The van der Waals surface area contributed by atoms with E-state index in [2.05, 4.69) is 36.7 Å². The summed E-state index contributed by atoms with van der Waals surface area (Å²) >= 11 is 3.48. The van der Waals surface area contributed by atoms with Gasteiger partial charge in [-0.25, -0.2) is 0 Å². The topological polar surface area (TPSA) is 18.5 Å². The van der Waals surface area contributed by atoms with Gasteiger partial charge < -0.3 is 9.47 Å². The van der Waals surface area contributed by atoms with Crippen LogP contribution in [0.2, 0.25) is 0 Å². The lowest BCUT2D eigenvalue weighted by molar-refractivity contribution is 0.307. The van der Waals surface area contributed by atoms with Crippen LogP contribution < -0.4 is 9.47 Å². The number of thiophene rings is 2. The zero-order chi connectivity index (χ0) is 15.6. The second-order valence-electron chi connectivity index (χ2n) is 5.37. The maximum absolute atomic E-state index is 5.93. The average molecular weight is 339 g/mol. The molecule has 2 rings (SSSR count). The Labute approximate surface area is 142 Å². The minimum atomic E-state index is 0.809. The van der Waals surface area contributed by atoms with Gasteiger partial charge in [-0.2, -0.15) is 0 Å². The van der Waals surface area contributed by atoms with Gasteiger partial charge >= 0.3 is 0 Å². The Morgan fingerprint density at radius 2 is 1.64 bits per heavy atom. The first-order valence-corrected chi connectivity index (χ1v) is 10.0. The summed E-state index contributed by atoms with van der Waals surface area (Å²) in [6, 6.07) is 4.22. The zero-order valence-electron chi connectivity index (χ0n) is 13.6. The van der Waals surface area contributed by atoms with E-state index in [1.165, 1.54) is 35.4 Å². The van der Waals surface area contributed by atoms with Crippen molar-refractivity contribution in [2.45, 2.75) is 52.4 Å². The van der Waals surface area contributed by atoms with Gasteiger partial charge in [-0.3, -0.25) is 0 Å². The van der Waals surface area contributed by atoms with E-state index in [1.807, 2.05) is 0 Å². The lowest BCUT2D eigenvalue weighted by Crippen LogP contribution is -1.96. The maximum atomic E-state index is 5.93. The highest BCUT2D eigenvalue weighted by atomic mass is 32.1. The van der Waals surface area contributed by atoms with Gasteiger partial charge in [0.2, 0.25) is 0 Å². The largest absolute Gasteiger partial charge is 0.493 e. The quantitative estimate of drug-likeness (QED) is 0.429. The molecule has 0 radical (unpaired) electrons. The summed E-state index contributed by atoms with van der Waals surface area (Å²) in [4.78, 5) is 2.47. The smallest absolute Gasteiger partial charge is 0.138 e. The van der Waals surface area contributed by atoms with Crippen molar-refractivity contribution in [1.29, 1.82) is 0 Å². The van der Waals surface area contributed by atoms with E-state index in [0.29, 0.717) is 0 Å². The van der Waals surface area contributed by atoms with E-state index in [9.17, 15) is 0 Å². The van der Waals surface area contributed by atoms with Crippen molar-refractivity contribution in [1.82, 2.24) is 0 Å². The second-order valence-corrected chi connectivity index (χ2v) is 7.20. The summed E-state index contributed by atoms with van der Waals surface area (Å²) in [7, 11) is 0. The third-order valence-electron chi connectivity index (χ3n) is 3.45. The fourth-order valence-corrected chi connectivity index (χ4v) is 3.99. The van der Waals surface area contributed by atoms with Crippen LogP contribution in [0.5, 0.6) is 11.5 Å². The van der Waals surface area contributed by atoms with Crippen LogP contribution >= 0.6 is 22.7 Å². The van der Waals surface area contributed by atoms with E-state index in [4.69, 9.17) is 9.47 Å². The first-order valence-electron chi connectivity index (χ1n) is 8.27. The Morgan fingerprint density at radius 3 is 2.36 bits per heavy atom. The molecule has 2 nitrogen and oxygen atoms in total. The molecule has 0 bridgehead atoms. The monoisotopic (exact) mass is 338 g/mol. The van der Waals surface area contributed by atoms with Crippen molar-refractivity contribution in [3.05, 3.63) is 22.9 Å². The minimum Gasteiger partial charge on any atom is -0.493 e. The van der Waals surface area contributed by atoms with E-state index in [0.717, 1.165) is 37.6 Å². The van der Waals surface area contributed by atoms with Gasteiger partial charge in [-0.1, -0.05) is 39.5 Å². The van der Waals surface area contributed by atoms with Crippen LogP contribution in [0.4, 0.5) is 0 Å². The summed E-state index contributed by atoms with van der Waals surface area (Å²) in [6.45, 7) is 6.05. The van der Waals surface area contributed by atoms with Gasteiger partial charge in [0.1, 0.15) is 11.5 Å². The predicted molar refractivity (Wildman–Crippen MR) is 97.7 cm³/mol. The molecular weight excluding hydrogens is 312 g/mol. The summed E-state index contributed by atoms with van der Waals surface area (Å²) in [6.07, 6.45) is 7.18. The Hall–Kier alpha value is -1.00. The standard InChI is InChI=1S/C18H26O2S2/c1-3-5-7-10-19-15-13-17(22-14-15)18-16(9-12-21-18)20-11-8-6-4-2/h9,12-14H,3-8,10-11H2,1-2H3. The molecule has 122 valence electrons. The molecule has 0 spiro atoms. The van der Waals surface area contributed by atoms with Crippen LogP contribution in [-0.2, 0) is 0 Å². The average Bonchev–Trinajstić information content (AvgIpc) is 3.17. The molecule has 0 aliphatic rings. The molecule has 0 unspecified atom stereocenters. The van der Waals surface area contributed by atoms with Crippen molar-refractivity contribution < 1.29 is 9.47 Å². The van der Waals surface area contributed by atoms with Crippen LogP contribution in [0.3, 0.4) is 0 Å². The van der Waals surface area contributed by atoms with E-state index >= 15 is 0 Å². The molecule has 0 N–H and O–H groups in total.